The highest BCUT2D eigenvalue weighted by Gasteiger charge is 2.27. The number of hydrogen-bond donors (Lipinski definition) is 1. The lowest BCUT2D eigenvalue weighted by Gasteiger charge is -2.30. The van der Waals surface area contributed by atoms with Gasteiger partial charge in [0, 0.05) is 12.8 Å². The van der Waals surface area contributed by atoms with Crippen LogP contribution in [0.4, 0.5) is 0 Å². The summed E-state index contributed by atoms with van der Waals surface area (Å²) >= 11 is 0. The molecule has 0 aliphatic rings. The number of phosphoric ester groups is 1. The summed E-state index contributed by atoms with van der Waals surface area (Å²) < 4.78 is 30.3. The maximum atomic E-state index is 13.5. The van der Waals surface area contributed by atoms with E-state index in [2.05, 4.69) is 62.5 Å². The Morgan fingerprint density at radius 3 is 1.24 bits per heavy atom. The fraction of sp³-hybridized carbons (Fsp3) is 0.846. The molecule has 0 radical (unpaired) electrons. The van der Waals surface area contributed by atoms with Crippen molar-refractivity contribution >= 4 is 19.7 Å². The number of amides is 1. The minimum absolute atomic E-state index is 0.0211. The first-order valence-electron chi connectivity index (χ1n) is 31.9. The molecule has 0 aromatic rings. The Bertz CT molecular complexity index is 1420. The number of rotatable bonds is 58. The van der Waals surface area contributed by atoms with Crippen molar-refractivity contribution in [3.05, 3.63) is 48.6 Å². The van der Waals surface area contributed by atoms with Crippen LogP contribution in [0.15, 0.2) is 48.6 Å². The molecule has 0 aliphatic heterocycles. The summed E-state index contributed by atoms with van der Waals surface area (Å²) in [5.74, 6) is -0.533. The van der Waals surface area contributed by atoms with Gasteiger partial charge in [-0.3, -0.25) is 14.2 Å². The topological polar surface area (TPSA) is 114 Å². The van der Waals surface area contributed by atoms with Gasteiger partial charge in [-0.05, 0) is 70.3 Å². The van der Waals surface area contributed by atoms with E-state index in [4.69, 9.17) is 13.8 Å². The zero-order valence-electron chi connectivity index (χ0n) is 50.3. The van der Waals surface area contributed by atoms with Crippen molar-refractivity contribution in [1.29, 1.82) is 0 Å². The molecule has 0 heterocycles. The zero-order valence-corrected chi connectivity index (χ0v) is 51.2. The van der Waals surface area contributed by atoms with E-state index in [1.807, 2.05) is 33.3 Å². The monoisotopic (exact) mass is 1070 g/mol. The largest absolute Gasteiger partial charge is 0.756 e. The van der Waals surface area contributed by atoms with Crippen LogP contribution in [-0.4, -0.2) is 69.4 Å². The van der Waals surface area contributed by atoms with E-state index < -0.39 is 20.0 Å². The molecular formula is C65H123N2O7P. The van der Waals surface area contributed by atoms with E-state index in [0.717, 1.165) is 70.6 Å². The minimum Gasteiger partial charge on any atom is -0.756 e. The van der Waals surface area contributed by atoms with Crippen molar-refractivity contribution in [3.8, 4) is 0 Å². The molecule has 0 spiro atoms. The number of carbonyl (C=O) groups is 2. The van der Waals surface area contributed by atoms with Crippen LogP contribution in [0.3, 0.4) is 0 Å². The highest BCUT2D eigenvalue weighted by atomic mass is 31.2. The van der Waals surface area contributed by atoms with Crippen molar-refractivity contribution < 1.29 is 37.3 Å². The Hall–Kier alpha value is -2.03. The summed E-state index contributed by atoms with van der Waals surface area (Å²) in [6.07, 6.45) is 67.9. The van der Waals surface area contributed by atoms with Crippen LogP contribution in [-0.2, 0) is 27.9 Å². The third-order valence-corrected chi connectivity index (χ3v) is 15.2. The quantitative estimate of drug-likeness (QED) is 0.0212. The molecular weight excluding hydrogens is 952 g/mol. The minimum atomic E-state index is -4.69. The van der Waals surface area contributed by atoms with Crippen molar-refractivity contribution in [2.45, 2.75) is 315 Å². The maximum absolute atomic E-state index is 13.5. The molecule has 3 atom stereocenters. The number of esters is 1. The van der Waals surface area contributed by atoms with Gasteiger partial charge in [0.15, 0.2) is 0 Å². The van der Waals surface area contributed by atoms with Crippen LogP contribution >= 0.6 is 7.82 Å². The van der Waals surface area contributed by atoms with Crippen LogP contribution in [0.1, 0.15) is 303 Å². The summed E-state index contributed by atoms with van der Waals surface area (Å²) in [5, 5.41) is 3.03. The summed E-state index contributed by atoms with van der Waals surface area (Å²) in [4.78, 5) is 39.9. The van der Waals surface area contributed by atoms with E-state index in [-0.39, 0.29) is 31.5 Å². The molecule has 0 aromatic carbocycles. The molecule has 1 N–H and O–H groups in total. The number of ether oxygens (including phenoxy) is 1. The fourth-order valence-corrected chi connectivity index (χ4v) is 10.0. The van der Waals surface area contributed by atoms with Gasteiger partial charge >= 0.3 is 5.97 Å². The van der Waals surface area contributed by atoms with Gasteiger partial charge in [-0.15, -0.1) is 0 Å². The predicted octanol–water partition coefficient (Wildman–Crippen LogP) is 19.0. The van der Waals surface area contributed by atoms with E-state index in [0.29, 0.717) is 17.4 Å². The van der Waals surface area contributed by atoms with E-state index in [1.165, 1.54) is 199 Å². The average Bonchev–Trinajstić information content (AvgIpc) is 3.37. The molecule has 0 rings (SSSR count). The molecule has 440 valence electrons. The first-order valence-corrected chi connectivity index (χ1v) is 33.4. The summed E-state index contributed by atoms with van der Waals surface area (Å²) in [6.45, 7) is 6.83. The second-order valence-electron chi connectivity index (χ2n) is 22.9. The van der Waals surface area contributed by atoms with Crippen molar-refractivity contribution in [2.75, 3.05) is 40.9 Å². The van der Waals surface area contributed by atoms with Crippen LogP contribution in [0.5, 0.6) is 0 Å². The molecule has 0 fully saturated rings. The van der Waals surface area contributed by atoms with Crippen LogP contribution in [0.2, 0.25) is 0 Å². The summed E-state index contributed by atoms with van der Waals surface area (Å²) in [7, 11) is 1.19. The number of allylic oxidation sites excluding steroid dienone is 7. The van der Waals surface area contributed by atoms with Gasteiger partial charge in [-0.2, -0.15) is 0 Å². The Morgan fingerprint density at radius 2 is 0.813 bits per heavy atom. The molecule has 1 amide bonds. The highest BCUT2D eigenvalue weighted by molar-refractivity contribution is 7.45. The number of nitrogens with one attached hydrogen (secondary N) is 1. The normalized spacial score (nSPS) is 14.0. The summed E-state index contributed by atoms with van der Waals surface area (Å²) in [5.41, 5.74) is 0. The van der Waals surface area contributed by atoms with Gasteiger partial charge in [-0.1, -0.05) is 269 Å². The maximum Gasteiger partial charge on any atom is 0.306 e. The fourth-order valence-electron chi connectivity index (χ4n) is 9.29. The number of quaternary nitrogens is 1. The van der Waals surface area contributed by atoms with Crippen molar-refractivity contribution in [1.82, 2.24) is 5.32 Å². The molecule has 10 heteroatoms. The van der Waals surface area contributed by atoms with Gasteiger partial charge in [0.25, 0.3) is 7.82 Å². The number of carbonyl (C=O) groups excluding carboxylic acids is 2. The van der Waals surface area contributed by atoms with Crippen molar-refractivity contribution in [2.24, 2.45) is 0 Å². The van der Waals surface area contributed by atoms with Crippen LogP contribution in [0, 0.1) is 0 Å². The molecule has 0 aliphatic carbocycles. The number of unbranched alkanes of at least 4 members (excludes halogenated alkanes) is 36. The SMILES string of the molecule is CCCCC/C=C\C/C=C\C/C=C\CCCCCCCCCCCCCCC(=O)NC(COP(=O)([O-])OCC[N+](C)(C)C)C(/C=C/CCCCCCCCCCCCC)OC(=O)CCCCCCCCCCCCC. The van der Waals surface area contributed by atoms with Gasteiger partial charge in [0.1, 0.15) is 19.3 Å². The first kappa shape index (κ1) is 73.0. The third-order valence-electron chi connectivity index (χ3n) is 14.3. The molecule has 0 aromatic heterocycles. The second kappa shape index (κ2) is 55.3. The van der Waals surface area contributed by atoms with Crippen molar-refractivity contribution in [3.63, 3.8) is 0 Å². The Morgan fingerprint density at radius 1 is 0.467 bits per heavy atom. The zero-order chi connectivity index (χ0) is 55.0. The Labute approximate surface area is 465 Å². The number of phosphoric acid groups is 1. The van der Waals surface area contributed by atoms with Gasteiger partial charge in [0.2, 0.25) is 5.91 Å². The number of nitrogens with zero attached hydrogens (tertiary/aromatic N) is 1. The number of likely N-dealkylation sites (N-methyl/N-ethyl adjacent to an activating group) is 1. The molecule has 3 unspecified atom stereocenters. The average molecular weight is 1080 g/mol. The number of hydrogen-bond acceptors (Lipinski definition) is 7. The molecule has 75 heavy (non-hydrogen) atoms. The van der Waals surface area contributed by atoms with E-state index >= 15 is 0 Å². The van der Waals surface area contributed by atoms with E-state index in [1.54, 1.807) is 0 Å². The standard InChI is InChI=1S/C65H123N2O7P/c1-7-10-13-16-19-22-25-27-28-29-30-31-32-33-34-35-36-37-38-40-43-45-48-51-54-57-64(68)66-62(61-73-75(70,71)72-60-59-67(4,5)6)63(56-53-50-47-44-42-39-26-23-20-17-14-11-8-2)74-65(69)58-55-52-49-46-41-24-21-18-15-12-9-3/h19,22,27-28,30-31,53,56,62-63H,7-18,20-21,23-26,29,32-52,54-55,57-61H2,1-6H3,(H-,66,68,70,71)/b22-19-,28-27-,31-30-,56-53+. The van der Waals surface area contributed by atoms with Gasteiger partial charge < -0.3 is 28.5 Å². The van der Waals surface area contributed by atoms with E-state index in [9.17, 15) is 19.0 Å². The Balaban J connectivity index is 5.08. The van der Waals surface area contributed by atoms with Crippen LogP contribution in [0.25, 0.3) is 0 Å². The predicted molar refractivity (Wildman–Crippen MR) is 321 cm³/mol. The molecule has 0 saturated carbocycles. The van der Waals surface area contributed by atoms with Gasteiger partial charge in [0.05, 0.1) is 33.8 Å². The lowest BCUT2D eigenvalue weighted by atomic mass is 10.0. The lowest BCUT2D eigenvalue weighted by molar-refractivity contribution is -0.870. The second-order valence-corrected chi connectivity index (χ2v) is 24.3. The highest BCUT2D eigenvalue weighted by Crippen LogP contribution is 2.38. The van der Waals surface area contributed by atoms with Crippen LogP contribution < -0.4 is 10.2 Å². The Kier molecular flexibility index (Phi) is 53.8. The molecule has 9 nitrogen and oxygen atoms in total. The first-order chi connectivity index (χ1) is 36.4. The molecule has 0 bridgehead atoms. The summed E-state index contributed by atoms with van der Waals surface area (Å²) in [6, 6.07) is -0.886. The third kappa shape index (κ3) is 56.5. The smallest absolute Gasteiger partial charge is 0.306 e. The molecule has 0 saturated heterocycles. The lowest BCUT2D eigenvalue weighted by Crippen LogP contribution is -2.47. The van der Waals surface area contributed by atoms with Gasteiger partial charge in [-0.25, -0.2) is 0 Å².